The average Bonchev–Trinajstić information content (AvgIpc) is 3.14. The lowest BCUT2D eigenvalue weighted by atomic mass is 10.1. The van der Waals surface area contributed by atoms with Crippen molar-refractivity contribution in [2.75, 3.05) is 30.5 Å². The van der Waals surface area contributed by atoms with Gasteiger partial charge >= 0.3 is 5.97 Å². The number of aryl methyl sites for hydroxylation is 1. The third-order valence-corrected chi connectivity index (χ3v) is 5.14. The minimum absolute atomic E-state index is 0.00517. The molecule has 7 nitrogen and oxygen atoms in total. The molecule has 0 saturated carbocycles. The summed E-state index contributed by atoms with van der Waals surface area (Å²) in [5.41, 5.74) is 2.18. The standard InChI is InChI=1S/C22H23ClN2O5/c1-3-14-6-4-5-7-17(14)24-20(26)13-30-22(28)15-10-21(27)25(12-15)18-11-16(23)8-9-19(18)29-2/h4-9,11,15H,3,10,12-13H2,1-2H3,(H,24,26)/t15-/m0/s1. The van der Waals surface area contributed by atoms with E-state index in [0.717, 1.165) is 12.0 Å². The molecule has 2 aromatic rings. The molecule has 2 amide bonds. The summed E-state index contributed by atoms with van der Waals surface area (Å²) < 4.78 is 10.4. The highest BCUT2D eigenvalue weighted by Crippen LogP contribution is 2.35. The largest absolute Gasteiger partial charge is 0.495 e. The molecule has 0 aliphatic carbocycles. The maximum atomic E-state index is 12.5. The number of esters is 1. The number of benzene rings is 2. The fourth-order valence-electron chi connectivity index (χ4n) is 3.36. The molecule has 1 saturated heterocycles. The van der Waals surface area contributed by atoms with Gasteiger partial charge in [-0.25, -0.2) is 0 Å². The molecule has 1 N–H and O–H groups in total. The summed E-state index contributed by atoms with van der Waals surface area (Å²) in [6.07, 6.45) is 0.762. The fraction of sp³-hybridized carbons (Fsp3) is 0.318. The van der Waals surface area contributed by atoms with Crippen LogP contribution in [0.3, 0.4) is 0 Å². The number of carbonyl (C=O) groups excluding carboxylic acids is 3. The number of halogens is 1. The Kier molecular flexibility index (Phi) is 6.95. The Balaban J connectivity index is 1.58. The molecule has 1 fully saturated rings. The normalized spacial score (nSPS) is 15.8. The minimum atomic E-state index is -0.670. The molecule has 2 aromatic carbocycles. The molecule has 1 atom stereocenters. The number of hydrogen-bond donors (Lipinski definition) is 1. The van der Waals surface area contributed by atoms with Crippen molar-refractivity contribution in [3.63, 3.8) is 0 Å². The van der Waals surface area contributed by atoms with Gasteiger partial charge in [-0.1, -0.05) is 36.7 Å². The predicted octanol–water partition coefficient (Wildman–Crippen LogP) is 3.45. The van der Waals surface area contributed by atoms with E-state index in [-0.39, 0.29) is 18.9 Å². The van der Waals surface area contributed by atoms with Crippen molar-refractivity contribution in [2.45, 2.75) is 19.8 Å². The van der Waals surface area contributed by atoms with Gasteiger partial charge < -0.3 is 19.7 Å². The second kappa shape index (κ2) is 9.63. The Bertz CT molecular complexity index is 962. The van der Waals surface area contributed by atoms with Gasteiger partial charge in [0.1, 0.15) is 5.75 Å². The Morgan fingerprint density at radius 3 is 2.73 bits per heavy atom. The number of carbonyl (C=O) groups is 3. The van der Waals surface area contributed by atoms with Crippen LogP contribution >= 0.6 is 11.6 Å². The second-order valence-corrected chi connectivity index (χ2v) is 7.32. The number of rotatable bonds is 7. The predicted molar refractivity (Wildman–Crippen MR) is 114 cm³/mol. The van der Waals surface area contributed by atoms with E-state index < -0.39 is 24.4 Å². The van der Waals surface area contributed by atoms with Crippen molar-refractivity contribution in [1.29, 1.82) is 0 Å². The quantitative estimate of drug-likeness (QED) is 0.680. The van der Waals surface area contributed by atoms with Crippen molar-refractivity contribution in [3.05, 3.63) is 53.1 Å². The summed E-state index contributed by atoms with van der Waals surface area (Å²) in [5, 5.41) is 3.20. The summed E-state index contributed by atoms with van der Waals surface area (Å²) in [6.45, 7) is 1.71. The Labute approximate surface area is 179 Å². The molecule has 1 aliphatic heterocycles. The molecule has 8 heteroatoms. The Morgan fingerprint density at radius 1 is 1.23 bits per heavy atom. The summed E-state index contributed by atoms with van der Waals surface area (Å²) in [5.74, 6) is -1.45. The van der Waals surface area contributed by atoms with Crippen LogP contribution in [0.5, 0.6) is 5.75 Å². The average molecular weight is 431 g/mol. The van der Waals surface area contributed by atoms with Crippen LogP contribution in [0.1, 0.15) is 18.9 Å². The zero-order valence-corrected chi connectivity index (χ0v) is 17.6. The van der Waals surface area contributed by atoms with Crippen LogP contribution in [0.25, 0.3) is 0 Å². The molecule has 30 heavy (non-hydrogen) atoms. The van der Waals surface area contributed by atoms with E-state index in [1.54, 1.807) is 24.3 Å². The Morgan fingerprint density at radius 2 is 2.00 bits per heavy atom. The van der Waals surface area contributed by atoms with E-state index in [4.69, 9.17) is 21.1 Å². The molecule has 0 radical (unpaired) electrons. The first kappa shape index (κ1) is 21.6. The van der Waals surface area contributed by atoms with Crippen LogP contribution in [-0.4, -0.2) is 38.0 Å². The summed E-state index contributed by atoms with van der Waals surface area (Å²) >= 11 is 6.04. The minimum Gasteiger partial charge on any atom is -0.495 e. The van der Waals surface area contributed by atoms with Gasteiger partial charge in [-0.3, -0.25) is 14.4 Å². The number of nitrogens with one attached hydrogen (secondary N) is 1. The molecule has 0 unspecified atom stereocenters. The van der Waals surface area contributed by atoms with Crippen molar-refractivity contribution in [2.24, 2.45) is 5.92 Å². The molecule has 0 spiro atoms. The van der Waals surface area contributed by atoms with E-state index >= 15 is 0 Å². The first-order valence-electron chi connectivity index (χ1n) is 9.61. The van der Waals surface area contributed by atoms with E-state index in [2.05, 4.69) is 5.32 Å². The summed E-state index contributed by atoms with van der Waals surface area (Å²) in [6, 6.07) is 12.4. The monoisotopic (exact) mass is 430 g/mol. The molecular weight excluding hydrogens is 408 g/mol. The zero-order chi connectivity index (χ0) is 21.7. The van der Waals surface area contributed by atoms with E-state index in [1.807, 2.05) is 25.1 Å². The maximum absolute atomic E-state index is 12.5. The van der Waals surface area contributed by atoms with Crippen LogP contribution < -0.4 is 15.0 Å². The third kappa shape index (κ3) is 4.91. The van der Waals surface area contributed by atoms with Crippen molar-refractivity contribution in [1.82, 2.24) is 0 Å². The number of methoxy groups -OCH3 is 1. The highest BCUT2D eigenvalue weighted by Gasteiger charge is 2.37. The number of anilines is 2. The molecule has 0 aromatic heterocycles. The first-order chi connectivity index (χ1) is 14.4. The van der Waals surface area contributed by atoms with E-state index in [0.29, 0.717) is 22.1 Å². The van der Waals surface area contributed by atoms with Gasteiger partial charge in [-0.2, -0.15) is 0 Å². The van der Waals surface area contributed by atoms with Crippen molar-refractivity contribution < 1.29 is 23.9 Å². The smallest absolute Gasteiger partial charge is 0.311 e. The number of para-hydroxylation sites is 1. The number of hydrogen-bond acceptors (Lipinski definition) is 5. The molecule has 158 valence electrons. The van der Waals surface area contributed by atoms with Gasteiger partial charge in [-0.05, 0) is 36.2 Å². The van der Waals surface area contributed by atoms with Crippen molar-refractivity contribution >= 4 is 40.8 Å². The molecule has 1 aliphatic rings. The van der Waals surface area contributed by atoms with Gasteiger partial charge in [0, 0.05) is 23.7 Å². The lowest BCUT2D eigenvalue weighted by molar-refractivity contribution is -0.151. The fourth-order valence-corrected chi connectivity index (χ4v) is 3.53. The molecule has 3 rings (SSSR count). The van der Waals surface area contributed by atoms with Crippen LogP contribution in [-0.2, 0) is 25.5 Å². The van der Waals surface area contributed by atoms with Gasteiger partial charge in [0.25, 0.3) is 5.91 Å². The van der Waals surface area contributed by atoms with Gasteiger partial charge in [0.05, 0.1) is 18.7 Å². The zero-order valence-electron chi connectivity index (χ0n) is 16.8. The highest BCUT2D eigenvalue weighted by atomic mass is 35.5. The van der Waals surface area contributed by atoms with Crippen LogP contribution in [0.2, 0.25) is 5.02 Å². The Hall–Kier alpha value is -3.06. The lowest BCUT2D eigenvalue weighted by Crippen LogP contribution is -2.28. The highest BCUT2D eigenvalue weighted by molar-refractivity contribution is 6.31. The molecule has 0 bridgehead atoms. The number of ether oxygens (including phenoxy) is 2. The van der Waals surface area contributed by atoms with Crippen LogP contribution in [0, 0.1) is 5.92 Å². The molecular formula is C22H23ClN2O5. The molecule has 1 heterocycles. The van der Waals surface area contributed by atoms with E-state index in [1.165, 1.54) is 12.0 Å². The lowest BCUT2D eigenvalue weighted by Gasteiger charge is -2.19. The second-order valence-electron chi connectivity index (χ2n) is 6.89. The number of amides is 2. The number of nitrogens with zero attached hydrogens (tertiary/aromatic N) is 1. The maximum Gasteiger partial charge on any atom is 0.311 e. The van der Waals surface area contributed by atoms with E-state index in [9.17, 15) is 14.4 Å². The van der Waals surface area contributed by atoms with Gasteiger partial charge in [0.2, 0.25) is 5.91 Å². The van der Waals surface area contributed by atoms with Crippen molar-refractivity contribution in [3.8, 4) is 5.75 Å². The first-order valence-corrected chi connectivity index (χ1v) is 9.99. The van der Waals surface area contributed by atoms with Crippen LogP contribution in [0.4, 0.5) is 11.4 Å². The topological polar surface area (TPSA) is 84.9 Å². The summed E-state index contributed by atoms with van der Waals surface area (Å²) in [7, 11) is 1.49. The van der Waals surface area contributed by atoms with Gasteiger partial charge in [0.15, 0.2) is 6.61 Å². The van der Waals surface area contributed by atoms with Gasteiger partial charge in [-0.15, -0.1) is 0 Å². The third-order valence-electron chi connectivity index (χ3n) is 4.91. The SMILES string of the molecule is CCc1ccccc1NC(=O)COC(=O)[C@H]1CC(=O)N(c2cc(Cl)ccc2OC)C1. The van der Waals surface area contributed by atoms with Crippen LogP contribution in [0.15, 0.2) is 42.5 Å². The summed E-state index contributed by atoms with van der Waals surface area (Å²) in [4.78, 5) is 38.5.